The molecule has 3 nitrogen and oxygen atoms in total. The molecule has 21 heavy (non-hydrogen) atoms. The van der Waals surface area contributed by atoms with E-state index >= 15 is 0 Å². The van der Waals surface area contributed by atoms with Crippen LogP contribution in [0.3, 0.4) is 0 Å². The summed E-state index contributed by atoms with van der Waals surface area (Å²) in [6, 6.07) is 5.87. The largest absolute Gasteiger partial charge is 0.454 e. The van der Waals surface area contributed by atoms with Gasteiger partial charge in [0, 0.05) is 36.1 Å². The van der Waals surface area contributed by atoms with Gasteiger partial charge in [0.1, 0.15) is 5.75 Å². The van der Waals surface area contributed by atoms with Gasteiger partial charge in [-0.3, -0.25) is 4.98 Å². The molecule has 0 bridgehead atoms. The lowest BCUT2D eigenvalue weighted by Crippen LogP contribution is -2.22. The summed E-state index contributed by atoms with van der Waals surface area (Å²) < 4.78 is 32.5. The van der Waals surface area contributed by atoms with Gasteiger partial charge in [0.15, 0.2) is 11.6 Å². The predicted molar refractivity (Wildman–Crippen MR) is 77.4 cm³/mol. The fourth-order valence-electron chi connectivity index (χ4n) is 1.79. The quantitative estimate of drug-likeness (QED) is 0.905. The van der Waals surface area contributed by atoms with E-state index in [1.165, 1.54) is 12.1 Å². The van der Waals surface area contributed by atoms with E-state index in [0.29, 0.717) is 18.3 Å². The van der Waals surface area contributed by atoms with Crippen LogP contribution < -0.4 is 10.1 Å². The zero-order valence-corrected chi connectivity index (χ0v) is 12.3. The standard InChI is InChI=1S/C16H18F2N2O/c1-10(2)19-8-12-9-20-11(3)7-15(12)21-14-6-4-5-13(17)16(14)18/h4-7,9-10,19H,8H2,1-3H3. The van der Waals surface area contributed by atoms with E-state index in [2.05, 4.69) is 10.3 Å². The average molecular weight is 292 g/mol. The Hall–Kier alpha value is -2.01. The molecule has 2 rings (SSSR count). The summed E-state index contributed by atoms with van der Waals surface area (Å²) in [5, 5.41) is 3.25. The number of aromatic nitrogens is 1. The van der Waals surface area contributed by atoms with Gasteiger partial charge in [-0.2, -0.15) is 4.39 Å². The highest BCUT2D eigenvalue weighted by Gasteiger charge is 2.13. The van der Waals surface area contributed by atoms with Gasteiger partial charge in [0.2, 0.25) is 5.82 Å². The van der Waals surface area contributed by atoms with Crippen LogP contribution in [0.15, 0.2) is 30.5 Å². The third-order valence-corrected chi connectivity index (χ3v) is 2.92. The highest BCUT2D eigenvalue weighted by molar-refractivity contribution is 5.38. The number of halogens is 2. The van der Waals surface area contributed by atoms with Gasteiger partial charge in [-0.25, -0.2) is 4.39 Å². The molecule has 0 aliphatic rings. The minimum Gasteiger partial charge on any atom is -0.454 e. The Morgan fingerprint density at radius 1 is 1.24 bits per heavy atom. The molecule has 0 saturated carbocycles. The third-order valence-electron chi connectivity index (χ3n) is 2.92. The van der Waals surface area contributed by atoms with Crippen LogP contribution in [0.25, 0.3) is 0 Å². The number of nitrogens with zero attached hydrogens (tertiary/aromatic N) is 1. The van der Waals surface area contributed by atoms with Gasteiger partial charge in [-0.05, 0) is 19.1 Å². The van der Waals surface area contributed by atoms with Crippen molar-refractivity contribution in [3.05, 3.63) is 53.4 Å². The Kier molecular flexibility index (Phi) is 4.85. The van der Waals surface area contributed by atoms with E-state index in [4.69, 9.17) is 4.74 Å². The number of pyridine rings is 1. The summed E-state index contributed by atoms with van der Waals surface area (Å²) >= 11 is 0. The van der Waals surface area contributed by atoms with Crippen LogP contribution in [-0.4, -0.2) is 11.0 Å². The summed E-state index contributed by atoms with van der Waals surface area (Å²) in [5.74, 6) is -1.58. The second-order valence-electron chi connectivity index (χ2n) is 5.12. The van der Waals surface area contributed by atoms with E-state index in [0.717, 1.165) is 17.3 Å². The number of ether oxygens (including phenoxy) is 1. The number of nitrogens with one attached hydrogen (secondary N) is 1. The van der Waals surface area contributed by atoms with Crippen LogP contribution in [0, 0.1) is 18.6 Å². The highest BCUT2D eigenvalue weighted by atomic mass is 19.2. The lowest BCUT2D eigenvalue weighted by Gasteiger charge is -2.14. The monoisotopic (exact) mass is 292 g/mol. The van der Waals surface area contributed by atoms with Gasteiger partial charge >= 0.3 is 0 Å². The molecule has 0 unspecified atom stereocenters. The van der Waals surface area contributed by atoms with Crippen molar-refractivity contribution >= 4 is 0 Å². The molecule has 0 atom stereocenters. The average Bonchev–Trinajstić information content (AvgIpc) is 2.43. The number of hydrogen-bond donors (Lipinski definition) is 1. The van der Waals surface area contributed by atoms with E-state index in [1.54, 1.807) is 12.3 Å². The number of aryl methyl sites for hydroxylation is 1. The van der Waals surface area contributed by atoms with Crippen LogP contribution in [0.5, 0.6) is 11.5 Å². The maximum atomic E-state index is 13.7. The second-order valence-corrected chi connectivity index (χ2v) is 5.12. The van der Waals surface area contributed by atoms with Crippen LogP contribution >= 0.6 is 0 Å². The highest BCUT2D eigenvalue weighted by Crippen LogP contribution is 2.28. The van der Waals surface area contributed by atoms with Crippen molar-refractivity contribution in [3.8, 4) is 11.5 Å². The molecule has 0 radical (unpaired) electrons. The van der Waals surface area contributed by atoms with Crippen molar-refractivity contribution in [1.29, 1.82) is 0 Å². The summed E-state index contributed by atoms with van der Waals surface area (Å²) in [6.45, 7) is 6.40. The zero-order valence-electron chi connectivity index (χ0n) is 12.3. The third kappa shape index (κ3) is 3.98. The van der Waals surface area contributed by atoms with Crippen molar-refractivity contribution in [2.45, 2.75) is 33.4 Å². The molecule has 112 valence electrons. The van der Waals surface area contributed by atoms with Gasteiger partial charge < -0.3 is 10.1 Å². The molecule has 0 amide bonds. The summed E-state index contributed by atoms with van der Waals surface area (Å²) in [6.07, 6.45) is 1.68. The molecule has 5 heteroatoms. The fourth-order valence-corrected chi connectivity index (χ4v) is 1.79. The predicted octanol–water partition coefficient (Wildman–Crippen LogP) is 3.96. The molecule has 0 spiro atoms. The molecule has 0 saturated heterocycles. The molecule has 0 aliphatic carbocycles. The van der Waals surface area contributed by atoms with Crippen molar-refractivity contribution in [2.24, 2.45) is 0 Å². The molecule has 0 aliphatic heterocycles. The van der Waals surface area contributed by atoms with Crippen molar-refractivity contribution in [1.82, 2.24) is 10.3 Å². The Bertz CT molecular complexity index is 630. The van der Waals surface area contributed by atoms with E-state index in [-0.39, 0.29) is 5.75 Å². The van der Waals surface area contributed by atoms with E-state index in [9.17, 15) is 8.78 Å². The van der Waals surface area contributed by atoms with Gasteiger partial charge in [0.25, 0.3) is 0 Å². The van der Waals surface area contributed by atoms with Gasteiger partial charge in [-0.1, -0.05) is 19.9 Å². The summed E-state index contributed by atoms with van der Waals surface area (Å²) in [5.41, 5.74) is 1.54. The first-order chi connectivity index (χ1) is 9.97. The minimum absolute atomic E-state index is 0.133. The Labute approximate surface area is 123 Å². The molecule has 1 heterocycles. The Balaban J connectivity index is 2.29. The Morgan fingerprint density at radius 3 is 2.71 bits per heavy atom. The number of benzene rings is 1. The number of rotatable bonds is 5. The lowest BCUT2D eigenvalue weighted by molar-refractivity contribution is 0.410. The van der Waals surface area contributed by atoms with Gasteiger partial charge in [0.05, 0.1) is 0 Å². The topological polar surface area (TPSA) is 34.1 Å². The van der Waals surface area contributed by atoms with Crippen molar-refractivity contribution in [3.63, 3.8) is 0 Å². The molecular weight excluding hydrogens is 274 g/mol. The van der Waals surface area contributed by atoms with Crippen LogP contribution in [-0.2, 0) is 6.54 Å². The molecule has 1 aromatic carbocycles. The first-order valence-corrected chi connectivity index (χ1v) is 6.78. The molecule has 0 fully saturated rings. The summed E-state index contributed by atoms with van der Waals surface area (Å²) in [4.78, 5) is 4.21. The molecule has 1 aromatic heterocycles. The van der Waals surface area contributed by atoms with Crippen LogP contribution in [0.4, 0.5) is 8.78 Å². The lowest BCUT2D eigenvalue weighted by atomic mass is 10.2. The molecule has 1 N–H and O–H groups in total. The first-order valence-electron chi connectivity index (χ1n) is 6.78. The van der Waals surface area contributed by atoms with Crippen molar-refractivity contribution < 1.29 is 13.5 Å². The first kappa shape index (κ1) is 15.4. The SMILES string of the molecule is Cc1cc(Oc2cccc(F)c2F)c(CNC(C)C)cn1. The second kappa shape index (κ2) is 6.63. The smallest absolute Gasteiger partial charge is 0.201 e. The van der Waals surface area contributed by atoms with E-state index in [1.807, 2.05) is 20.8 Å². The Morgan fingerprint density at radius 2 is 2.00 bits per heavy atom. The fraction of sp³-hybridized carbons (Fsp3) is 0.312. The minimum atomic E-state index is -0.991. The number of hydrogen-bond acceptors (Lipinski definition) is 3. The maximum absolute atomic E-state index is 13.7. The molecule has 2 aromatic rings. The zero-order chi connectivity index (χ0) is 15.4. The van der Waals surface area contributed by atoms with Crippen molar-refractivity contribution in [2.75, 3.05) is 0 Å². The normalized spacial score (nSPS) is 11.0. The van der Waals surface area contributed by atoms with Crippen LogP contribution in [0.2, 0.25) is 0 Å². The van der Waals surface area contributed by atoms with Gasteiger partial charge in [-0.15, -0.1) is 0 Å². The van der Waals surface area contributed by atoms with Crippen LogP contribution in [0.1, 0.15) is 25.1 Å². The van der Waals surface area contributed by atoms with E-state index < -0.39 is 11.6 Å². The molecular formula is C16H18F2N2O. The maximum Gasteiger partial charge on any atom is 0.201 e. The summed E-state index contributed by atoms with van der Waals surface area (Å²) in [7, 11) is 0.